The van der Waals surface area contributed by atoms with Gasteiger partial charge < -0.3 is 8.94 Å². The standard InChI is InChI=1S/C3H3NO.4C3H3NS.C2H2N2O.2C2H2N2S/c3*1-2-5-3-4-1;2*1-2-4-5-3-1;1-3-2-5-4-1;1-3-4-2-5-1;1-2-4-5-3-1/h5*1-3H;3*1-2H. The molecule has 0 unspecified atom stereocenters. The van der Waals surface area contributed by atoms with Crippen molar-refractivity contribution in [2.75, 3.05) is 0 Å². The van der Waals surface area contributed by atoms with Crippen molar-refractivity contribution in [3.05, 3.63) is 124 Å². The van der Waals surface area contributed by atoms with E-state index in [1.54, 1.807) is 88.1 Å². The van der Waals surface area contributed by atoms with Crippen LogP contribution in [-0.2, 0) is 0 Å². The molecule has 0 aliphatic carbocycles. The molecule has 40 heavy (non-hydrogen) atoms. The summed E-state index contributed by atoms with van der Waals surface area (Å²) >= 11 is 8.83. The van der Waals surface area contributed by atoms with Gasteiger partial charge in [0.2, 0.25) is 6.39 Å². The molecule has 0 aliphatic rings. The van der Waals surface area contributed by atoms with Gasteiger partial charge in [0.05, 0.1) is 41.3 Å². The highest BCUT2D eigenvalue weighted by Gasteiger charge is 1.63. The molecule has 0 radical (unpaired) electrons. The first-order valence-electron chi connectivity index (χ1n) is 10.2. The molecule has 0 spiro atoms. The smallest absolute Gasteiger partial charge is 0.213 e. The van der Waals surface area contributed by atoms with Crippen LogP contribution in [0, 0.1) is 0 Å². The molecule has 13 nitrogen and oxygen atoms in total. The van der Waals surface area contributed by atoms with Crippen molar-refractivity contribution < 1.29 is 8.94 Å². The number of hydrogen-bond donors (Lipinski definition) is 0. The fourth-order valence-corrected chi connectivity index (χ4v) is 3.24. The molecule has 0 aliphatic heterocycles. The van der Waals surface area contributed by atoms with E-state index in [1.807, 2.05) is 33.7 Å². The van der Waals surface area contributed by atoms with E-state index < -0.39 is 0 Å². The molecular weight excluding hydrogens is 631 g/mol. The van der Waals surface area contributed by atoms with E-state index in [1.165, 1.54) is 71.5 Å². The predicted octanol–water partition coefficient (Wildman–Crippen LogP) is 6.39. The summed E-state index contributed by atoms with van der Waals surface area (Å²) in [7, 11) is 0. The van der Waals surface area contributed by atoms with Gasteiger partial charge >= 0.3 is 0 Å². The predicted molar refractivity (Wildman–Crippen MR) is 159 cm³/mol. The van der Waals surface area contributed by atoms with Crippen LogP contribution in [-0.4, -0.2) is 52.8 Å². The number of thiazole rings is 2. The van der Waals surface area contributed by atoms with Crippen LogP contribution in [0.15, 0.2) is 133 Å². The van der Waals surface area contributed by atoms with Gasteiger partial charge in [-0.3, -0.25) is 9.97 Å². The van der Waals surface area contributed by atoms with Gasteiger partial charge in [0.25, 0.3) is 0 Å². The summed E-state index contributed by atoms with van der Waals surface area (Å²) in [6.45, 7) is 0. The molecule has 0 N–H and O–H groups in total. The number of rotatable bonds is 0. The summed E-state index contributed by atoms with van der Waals surface area (Å²) in [5.41, 5.74) is 6.94. The van der Waals surface area contributed by atoms with Crippen LogP contribution < -0.4 is 0 Å². The van der Waals surface area contributed by atoms with E-state index in [-0.39, 0.29) is 0 Å². The normalized spacial score (nSPS) is 8.00. The number of hydrogen-bond acceptors (Lipinski definition) is 19. The Kier molecular flexibility index (Phi) is 26.5. The van der Waals surface area contributed by atoms with E-state index in [0.29, 0.717) is 0 Å². The monoisotopic (exact) mass is 651 g/mol. The first-order chi connectivity index (χ1) is 20.0. The molecule has 0 amide bonds. The minimum Gasteiger partial charge on any atom is -0.452 e. The highest BCUT2D eigenvalue weighted by molar-refractivity contribution is 7.07. The van der Waals surface area contributed by atoms with Crippen LogP contribution in [0.1, 0.15) is 0 Å². The zero-order valence-corrected chi connectivity index (χ0v) is 25.2. The van der Waals surface area contributed by atoms with Gasteiger partial charge in [0.15, 0.2) is 12.7 Å². The lowest BCUT2D eigenvalue weighted by Gasteiger charge is -1.47. The van der Waals surface area contributed by atoms with Gasteiger partial charge in [-0.15, -0.1) is 44.2 Å². The summed E-state index contributed by atoms with van der Waals surface area (Å²) in [6, 6.07) is 3.81. The Morgan fingerprint density at radius 1 is 0.500 bits per heavy atom. The quantitative estimate of drug-likeness (QED) is 0.177. The maximum atomic E-state index is 4.47. The molecule has 0 atom stereocenters. The van der Waals surface area contributed by atoms with Crippen molar-refractivity contribution in [2.24, 2.45) is 0 Å². The average molecular weight is 652 g/mol. The summed E-state index contributed by atoms with van der Waals surface area (Å²) < 4.78 is 23.5. The van der Waals surface area contributed by atoms with Gasteiger partial charge in [-0.25, -0.2) is 18.7 Å². The molecule has 208 valence electrons. The molecule has 0 saturated heterocycles. The lowest BCUT2D eigenvalue weighted by Crippen LogP contribution is -1.53. The zero-order valence-electron chi connectivity index (χ0n) is 20.3. The second-order valence-corrected chi connectivity index (χ2v) is 9.33. The largest absolute Gasteiger partial charge is 0.452 e. The topological polar surface area (TPSA) is 168 Å². The van der Waals surface area contributed by atoms with Crippen molar-refractivity contribution in [3.8, 4) is 0 Å². The Hall–Kier alpha value is -4.01. The molecule has 8 aromatic rings. The van der Waals surface area contributed by atoms with E-state index in [2.05, 4.69) is 61.7 Å². The Morgan fingerprint density at radius 3 is 1.30 bits per heavy atom. The third-order valence-electron chi connectivity index (χ3n) is 2.58. The van der Waals surface area contributed by atoms with Crippen LogP contribution in [0.5, 0.6) is 0 Å². The van der Waals surface area contributed by atoms with Crippen molar-refractivity contribution in [3.63, 3.8) is 0 Å². The van der Waals surface area contributed by atoms with Crippen molar-refractivity contribution in [1.82, 2.24) is 52.8 Å². The molecule has 8 rings (SSSR count). The molecule has 0 fully saturated rings. The van der Waals surface area contributed by atoms with Gasteiger partial charge in [-0.1, -0.05) is 5.16 Å². The minimum absolute atomic E-state index is 1.21. The van der Waals surface area contributed by atoms with Crippen LogP contribution in [0.4, 0.5) is 0 Å². The Balaban J connectivity index is 0.000000229. The summed E-state index contributed by atoms with van der Waals surface area (Å²) in [6.07, 6.45) is 17.5. The van der Waals surface area contributed by atoms with Gasteiger partial charge in [-0.2, -0.15) is 8.75 Å². The van der Waals surface area contributed by atoms with E-state index in [9.17, 15) is 0 Å². The van der Waals surface area contributed by atoms with E-state index in [0.717, 1.165) is 0 Å². The third-order valence-corrected chi connectivity index (χ3v) is 5.54. The third kappa shape index (κ3) is 28.6. The molecule has 0 aromatic carbocycles. The molecule has 8 aromatic heterocycles. The number of nitrogens with zero attached hydrogens (tertiary/aromatic N) is 11. The van der Waals surface area contributed by atoms with E-state index in [4.69, 9.17) is 0 Å². The zero-order chi connectivity index (χ0) is 28.3. The van der Waals surface area contributed by atoms with Crippen LogP contribution in [0.25, 0.3) is 0 Å². The first kappa shape index (κ1) is 34.0. The maximum absolute atomic E-state index is 4.47. The van der Waals surface area contributed by atoms with Gasteiger partial charge in [0, 0.05) is 46.3 Å². The molecule has 19 heteroatoms. The Morgan fingerprint density at radius 2 is 1.15 bits per heavy atom. The summed E-state index contributed by atoms with van der Waals surface area (Å²) in [4.78, 5) is 14.5. The minimum atomic E-state index is 1.21. The molecular formula is C21H21N11O2S6. The molecule has 8 heterocycles. The highest BCUT2D eigenvalue weighted by Crippen LogP contribution is 1.87. The Labute approximate surface area is 253 Å². The fraction of sp³-hybridized carbons (Fsp3) is 0. The Bertz CT molecular complexity index is 832. The molecule has 0 saturated carbocycles. The average Bonchev–Trinajstić information content (AvgIpc) is 3.95. The highest BCUT2D eigenvalue weighted by atomic mass is 32.1. The first-order valence-corrected chi connectivity index (χ1v) is 15.5. The van der Waals surface area contributed by atoms with Gasteiger partial charge in [-0.05, 0) is 35.2 Å². The fourth-order valence-electron chi connectivity index (χ4n) is 1.29. The van der Waals surface area contributed by atoms with Crippen LogP contribution in [0.2, 0.25) is 0 Å². The SMILES string of the molecule is c1cnsc1.c1cnsc1.c1cnsn1.c1cocn1.c1cscn1.c1cscn1.c1ncon1.c1nncs1. The van der Waals surface area contributed by atoms with E-state index >= 15 is 0 Å². The number of oxazole rings is 1. The maximum Gasteiger partial charge on any atom is 0.213 e. The van der Waals surface area contributed by atoms with Crippen molar-refractivity contribution in [2.45, 2.75) is 0 Å². The van der Waals surface area contributed by atoms with Crippen molar-refractivity contribution >= 4 is 68.8 Å². The van der Waals surface area contributed by atoms with Gasteiger partial charge in [0.1, 0.15) is 17.3 Å². The summed E-state index contributed by atoms with van der Waals surface area (Å²) in [5, 5.41) is 17.9. The van der Waals surface area contributed by atoms with Crippen LogP contribution >= 0.6 is 68.8 Å². The lowest BCUT2D eigenvalue weighted by atomic mass is 10.8. The van der Waals surface area contributed by atoms with Crippen LogP contribution in [0.3, 0.4) is 0 Å². The summed E-state index contributed by atoms with van der Waals surface area (Å²) in [5.74, 6) is 0. The number of aromatic nitrogens is 11. The second-order valence-electron chi connectivity index (χ2n) is 5.15. The molecule has 0 bridgehead atoms. The lowest BCUT2D eigenvalue weighted by molar-refractivity contribution is 0.416. The van der Waals surface area contributed by atoms with Crippen molar-refractivity contribution in [1.29, 1.82) is 0 Å². The second kappa shape index (κ2) is 31.2.